The molecule has 0 aliphatic carbocycles. The highest BCUT2D eigenvalue weighted by Gasteiger charge is 2.04. The molecule has 0 unspecified atom stereocenters. The number of hydrogen-bond acceptors (Lipinski definition) is 3. The van der Waals surface area contributed by atoms with Crippen molar-refractivity contribution in [3.63, 3.8) is 0 Å². The Balaban J connectivity index is 2.58. The van der Waals surface area contributed by atoms with Crippen LogP contribution in [0.1, 0.15) is 16.1 Å². The molecule has 0 radical (unpaired) electrons. The second-order valence-electron chi connectivity index (χ2n) is 3.24. The molecular formula is C12H10N2O. The summed E-state index contributed by atoms with van der Waals surface area (Å²) >= 11 is 0. The van der Waals surface area contributed by atoms with E-state index in [1.807, 2.05) is 25.1 Å². The molecule has 0 aromatic carbocycles. The lowest BCUT2D eigenvalue weighted by atomic mass is 10.1. The molecule has 0 bridgehead atoms. The first-order chi connectivity index (χ1) is 7.31. The molecule has 2 heterocycles. The van der Waals surface area contributed by atoms with E-state index in [-0.39, 0.29) is 0 Å². The molecular weight excluding hydrogens is 188 g/mol. The molecule has 0 spiro atoms. The Morgan fingerprint density at radius 2 is 2.13 bits per heavy atom. The highest BCUT2D eigenvalue weighted by molar-refractivity contribution is 5.85. The first-order valence-electron chi connectivity index (χ1n) is 4.64. The minimum Gasteiger partial charge on any atom is -0.298 e. The fraction of sp³-hybridized carbons (Fsp3) is 0.0833. The number of aryl methyl sites for hydroxylation is 1. The number of nitrogens with zero attached hydrogens (tertiary/aromatic N) is 2. The molecule has 0 amide bonds. The zero-order valence-corrected chi connectivity index (χ0v) is 8.34. The highest BCUT2D eigenvalue weighted by atomic mass is 16.1. The van der Waals surface area contributed by atoms with Crippen LogP contribution in [0.3, 0.4) is 0 Å². The summed E-state index contributed by atoms with van der Waals surface area (Å²) in [6, 6.07) is 7.53. The van der Waals surface area contributed by atoms with E-state index in [9.17, 15) is 4.79 Å². The molecule has 0 saturated carbocycles. The van der Waals surface area contributed by atoms with Crippen molar-refractivity contribution in [2.75, 3.05) is 0 Å². The van der Waals surface area contributed by atoms with Crippen LogP contribution in [-0.2, 0) is 0 Å². The third kappa shape index (κ3) is 1.91. The number of aromatic nitrogens is 2. The Morgan fingerprint density at radius 3 is 2.87 bits per heavy atom. The van der Waals surface area contributed by atoms with Gasteiger partial charge in [-0.05, 0) is 25.1 Å². The van der Waals surface area contributed by atoms with Crippen LogP contribution in [0, 0.1) is 6.92 Å². The van der Waals surface area contributed by atoms with Crippen LogP contribution in [0.4, 0.5) is 0 Å². The van der Waals surface area contributed by atoms with Gasteiger partial charge in [0.15, 0.2) is 6.29 Å². The number of rotatable bonds is 2. The molecule has 0 N–H and O–H groups in total. The van der Waals surface area contributed by atoms with Crippen LogP contribution < -0.4 is 0 Å². The average Bonchev–Trinajstić information content (AvgIpc) is 2.29. The molecule has 2 aromatic heterocycles. The van der Waals surface area contributed by atoms with Crippen molar-refractivity contribution in [2.45, 2.75) is 6.92 Å². The molecule has 2 rings (SSSR count). The summed E-state index contributed by atoms with van der Waals surface area (Å²) < 4.78 is 0. The number of carbonyl (C=O) groups excluding carboxylic acids is 1. The van der Waals surface area contributed by atoms with Gasteiger partial charge >= 0.3 is 0 Å². The number of pyridine rings is 2. The average molecular weight is 198 g/mol. The zero-order valence-electron chi connectivity index (χ0n) is 8.34. The lowest BCUT2D eigenvalue weighted by Gasteiger charge is -2.03. The molecule has 3 nitrogen and oxygen atoms in total. The van der Waals surface area contributed by atoms with Gasteiger partial charge in [0, 0.05) is 29.2 Å². The minimum absolute atomic E-state index is 0.565. The van der Waals surface area contributed by atoms with Crippen LogP contribution in [-0.4, -0.2) is 16.3 Å². The monoisotopic (exact) mass is 198 g/mol. The lowest BCUT2D eigenvalue weighted by molar-refractivity contribution is 0.112. The predicted octanol–water partition coefficient (Wildman–Crippen LogP) is 2.26. The van der Waals surface area contributed by atoms with E-state index >= 15 is 0 Å². The fourth-order valence-electron chi connectivity index (χ4n) is 1.43. The van der Waals surface area contributed by atoms with Crippen LogP contribution in [0.25, 0.3) is 11.3 Å². The maximum absolute atomic E-state index is 10.8. The number of hydrogen-bond donors (Lipinski definition) is 0. The van der Waals surface area contributed by atoms with Gasteiger partial charge in [-0.15, -0.1) is 0 Å². The van der Waals surface area contributed by atoms with Crippen LogP contribution in [0.15, 0.2) is 36.7 Å². The third-order valence-corrected chi connectivity index (χ3v) is 2.14. The van der Waals surface area contributed by atoms with Crippen molar-refractivity contribution >= 4 is 6.29 Å². The number of aldehydes is 1. The second kappa shape index (κ2) is 4.00. The summed E-state index contributed by atoms with van der Waals surface area (Å²) in [7, 11) is 0. The topological polar surface area (TPSA) is 42.9 Å². The van der Waals surface area contributed by atoms with Crippen molar-refractivity contribution in [3.8, 4) is 11.3 Å². The van der Waals surface area contributed by atoms with Gasteiger partial charge in [-0.3, -0.25) is 14.8 Å². The van der Waals surface area contributed by atoms with Crippen LogP contribution in [0.5, 0.6) is 0 Å². The Kier molecular flexibility index (Phi) is 2.54. The Hall–Kier alpha value is -2.03. The van der Waals surface area contributed by atoms with E-state index in [1.54, 1.807) is 18.5 Å². The Bertz CT molecular complexity index is 494. The van der Waals surface area contributed by atoms with Crippen molar-refractivity contribution in [3.05, 3.63) is 47.9 Å². The predicted molar refractivity (Wildman–Crippen MR) is 57.6 cm³/mol. The van der Waals surface area contributed by atoms with Gasteiger partial charge in [0.2, 0.25) is 0 Å². The fourth-order valence-corrected chi connectivity index (χ4v) is 1.43. The van der Waals surface area contributed by atoms with Crippen molar-refractivity contribution in [2.24, 2.45) is 0 Å². The van der Waals surface area contributed by atoms with Gasteiger partial charge in [-0.25, -0.2) is 0 Å². The lowest BCUT2D eigenvalue weighted by Crippen LogP contribution is -1.92. The van der Waals surface area contributed by atoms with E-state index in [0.29, 0.717) is 5.56 Å². The van der Waals surface area contributed by atoms with Crippen LogP contribution in [0.2, 0.25) is 0 Å². The third-order valence-electron chi connectivity index (χ3n) is 2.14. The highest BCUT2D eigenvalue weighted by Crippen LogP contribution is 2.19. The Morgan fingerprint density at radius 1 is 1.27 bits per heavy atom. The largest absolute Gasteiger partial charge is 0.298 e. The van der Waals surface area contributed by atoms with Gasteiger partial charge in [-0.2, -0.15) is 0 Å². The summed E-state index contributed by atoms with van der Waals surface area (Å²) in [5.41, 5.74) is 3.12. The Labute approximate surface area is 87.8 Å². The molecule has 0 atom stereocenters. The van der Waals surface area contributed by atoms with E-state index < -0.39 is 0 Å². The maximum Gasteiger partial charge on any atom is 0.152 e. The number of carbonyl (C=O) groups is 1. The van der Waals surface area contributed by atoms with Gasteiger partial charge in [-0.1, -0.05) is 6.07 Å². The van der Waals surface area contributed by atoms with E-state index in [1.165, 1.54) is 0 Å². The van der Waals surface area contributed by atoms with Crippen LogP contribution >= 0.6 is 0 Å². The van der Waals surface area contributed by atoms with Crippen molar-refractivity contribution < 1.29 is 4.79 Å². The van der Waals surface area contributed by atoms with Gasteiger partial charge in [0.05, 0.1) is 5.69 Å². The van der Waals surface area contributed by atoms with Gasteiger partial charge < -0.3 is 0 Å². The molecule has 0 fully saturated rings. The second-order valence-corrected chi connectivity index (χ2v) is 3.24. The standard InChI is InChI=1S/C12H10N2O/c1-9-3-2-4-12(14-9)11-5-6-13-7-10(11)8-15/h2-8H,1H3. The van der Waals surface area contributed by atoms with Crippen molar-refractivity contribution in [1.82, 2.24) is 9.97 Å². The molecule has 0 saturated heterocycles. The smallest absolute Gasteiger partial charge is 0.152 e. The SMILES string of the molecule is Cc1cccc(-c2ccncc2C=O)n1. The minimum atomic E-state index is 0.565. The summed E-state index contributed by atoms with van der Waals surface area (Å²) in [5.74, 6) is 0. The molecule has 0 aliphatic heterocycles. The van der Waals surface area contributed by atoms with Gasteiger partial charge in [0.1, 0.15) is 0 Å². The summed E-state index contributed by atoms with van der Waals surface area (Å²) in [5, 5.41) is 0. The first kappa shape index (κ1) is 9.52. The van der Waals surface area contributed by atoms with E-state index in [2.05, 4.69) is 9.97 Å². The molecule has 2 aromatic rings. The molecule has 0 aliphatic rings. The van der Waals surface area contributed by atoms with Crippen molar-refractivity contribution in [1.29, 1.82) is 0 Å². The molecule has 15 heavy (non-hydrogen) atoms. The molecule has 3 heteroatoms. The van der Waals surface area contributed by atoms with E-state index in [4.69, 9.17) is 0 Å². The molecule has 74 valence electrons. The summed E-state index contributed by atoms with van der Waals surface area (Å²) in [6.07, 6.45) is 4.00. The maximum atomic E-state index is 10.8. The van der Waals surface area contributed by atoms with Gasteiger partial charge in [0.25, 0.3) is 0 Å². The summed E-state index contributed by atoms with van der Waals surface area (Å²) in [4.78, 5) is 19.1. The summed E-state index contributed by atoms with van der Waals surface area (Å²) in [6.45, 7) is 1.92. The van der Waals surface area contributed by atoms with E-state index in [0.717, 1.165) is 23.2 Å². The quantitative estimate of drug-likeness (QED) is 0.695. The first-order valence-corrected chi connectivity index (χ1v) is 4.64. The normalized spacial score (nSPS) is 9.93. The zero-order chi connectivity index (χ0) is 10.7.